The third-order valence-electron chi connectivity index (χ3n) is 4.42. The summed E-state index contributed by atoms with van der Waals surface area (Å²) in [6.07, 6.45) is 0.786. The van der Waals surface area contributed by atoms with Crippen LogP contribution in [0.25, 0.3) is 22.4 Å². The number of nitrogens with one attached hydrogen (secondary N) is 2. The average Bonchev–Trinajstić information content (AvgIpc) is 3.12. The smallest absolute Gasteiger partial charge is 0.224 e. The number of aryl methyl sites for hydroxylation is 1. The number of benzene rings is 3. The number of phenols is 1. The van der Waals surface area contributed by atoms with E-state index in [0.29, 0.717) is 12.8 Å². The Kier molecular flexibility index (Phi) is 4.58. The zero-order valence-corrected chi connectivity index (χ0v) is 14.6. The molecule has 0 aliphatic rings. The first-order chi connectivity index (χ1) is 13.2. The number of hydrogen-bond donors (Lipinski definition) is 3. The van der Waals surface area contributed by atoms with Crippen molar-refractivity contribution in [3.05, 3.63) is 78.4 Å². The largest absolute Gasteiger partial charge is 0.508 e. The summed E-state index contributed by atoms with van der Waals surface area (Å²) in [5.74, 6) is 0.888. The number of fused-ring (bicyclic) bond motifs is 1. The lowest BCUT2D eigenvalue weighted by molar-refractivity contribution is -0.116. The van der Waals surface area contributed by atoms with E-state index in [9.17, 15) is 9.90 Å². The van der Waals surface area contributed by atoms with Crippen LogP contribution in [0.3, 0.4) is 0 Å². The van der Waals surface area contributed by atoms with Crippen LogP contribution in [0.15, 0.2) is 72.8 Å². The molecule has 3 aromatic carbocycles. The van der Waals surface area contributed by atoms with Crippen LogP contribution in [0.4, 0.5) is 5.69 Å². The molecule has 0 bridgehead atoms. The topological polar surface area (TPSA) is 78.0 Å². The fourth-order valence-electron chi connectivity index (χ4n) is 3.03. The number of hydrogen-bond acceptors (Lipinski definition) is 3. The normalized spacial score (nSPS) is 10.8. The minimum atomic E-state index is -0.0972. The van der Waals surface area contributed by atoms with Gasteiger partial charge in [0.05, 0.1) is 11.0 Å². The predicted molar refractivity (Wildman–Crippen MR) is 107 cm³/mol. The Morgan fingerprint density at radius 1 is 1.00 bits per heavy atom. The second-order valence-corrected chi connectivity index (χ2v) is 6.36. The SMILES string of the molecule is O=C(CCc1ccccc1O)Nc1cccc(-c2nc3ccccc3[nH]2)c1. The highest BCUT2D eigenvalue weighted by Gasteiger charge is 2.08. The number of imidazole rings is 1. The Balaban J connectivity index is 1.46. The molecule has 0 aliphatic carbocycles. The molecule has 4 aromatic rings. The van der Waals surface area contributed by atoms with Crippen molar-refractivity contribution in [3.8, 4) is 17.1 Å². The number of rotatable bonds is 5. The molecule has 0 saturated carbocycles. The van der Waals surface area contributed by atoms with Crippen molar-refractivity contribution in [2.24, 2.45) is 0 Å². The van der Waals surface area contributed by atoms with E-state index in [1.807, 2.05) is 60.7 Å². The minimum absolute atomic E-state index is 0.0972. The molecule has 4 rings (SSSR count). The summed E-state index contributed by atoms with van der Waals surface area (Å²) in [4.78, 5) is 20.2. The molecular formula is C22H19N3O2. The van der Waals surface area contributed by atoms with Crippen molar-refractivity contribution in [2.45, 2.75) is 12.8 Å². The Morgan fingerprint density at radius 3 is 2.67 bits per heavy atom. The summed E-state index contributed by atoms with van der Waals surface area (Å²) in [7, 11) is 0. The van der Waals surface area contributed by atoms with Crippen LogP contribution in [0.5, 0.6) is 5.75 Å². The van der Waals surface area contributed by atoms with Crippen LogP contribution in [-0.2, 0) is 11.2 Å². The molecule has 27 heavy (non-hydrogen) atoms. The van der Waals surface area contributed by atoms with Crippen molar-refractivity contribution in [2.75, 3.05) is 5.32 Å². The first-order valence-corrected chi connectivity index (χ1v) is 8.81. The first kappa shape index (κ1) is 16.8. The Hall–Kier alpha value is -3.60. The first-order valence-electron chi connectivity index (χ1n) is 8.81. The molecule has 0 unspecified atom stereocenters. The van der Waals surface area contributed by atoms with E-state index >= 15 is 0 Å². The van der Waals surface area contributed by atoms with Crippen molar-refractivity contribution in [1.29, 1.82) is 0 Å². The lowest BCUT2D eigenvalue weighted by Gasteiger charge is -2.07. The van der Waals surface area contributed by atoms with Crippen molar-refractivity contribution >= 4 is 22.6 Å². The Labute approximate surface area is 156 Å². The standard InChI is InChI=1S/C22H19N3O2/c26-20-11-4-1-6-15(20)12-13-21(27)23-17-8-5-7-16(14-17)22-24-18-9-2-3-10-19(18)25-22/h1-11,14,26H,12-13H2,(H,23,27)(H,24,25). The Bertz CT molecular complexity index is 1070. The molecule has 5 heteroatoms. The van der Waals surface area contributed by atoms with Gasteiger partial charge in [-0.25, -0.2) is 4.98 Å². The lowest BCUT2D eigenvalue weighted by Crippen LogP contribution is -2.12. The number of nitrogens with zero attached hydrogens (tertiary/aromatic N) is 1. The third kappa shape index (κ3) is 3.82. The molecule has 0 fully saturated rings. The molecule has 0 saturated heterocycles. The van der Waals surface area contributed by atoms with E-state index in [1.54, 1.807) is 12.1 Å². The maximum Gasteiger partial charge on any atom is 0.224 e. The molecule has 0 radical (unpaired) electrons. The van der Waals surface area contributed by atoms with Gasteiger partial charge in [-0.05, 0) is 42.3 Å². The van der Waals surface area contributed by atoms with Crippen molar-refractivity contribution in [3.63, 3.8) is 0 Å². The molecule has 0 atom stereocenters. The average molecular weight is 357 g/mol. The third-order valence-corrected chi connectivity index (χ3v) is 4.42. The number of para-hydroxylation sites is 3. The second kappa shape index (κ2) is 7.33. The molecule has 0 spiro atoms. The fraction of sp³-hybridized carbons (Fsp3) is 0.0909. The molecule has 5 nitrogen and oxygen atoms in total. The van der Waals surface area contributed by atoms with E-state index in [0.717, 1.165) is 33.7 Å². The van der Waals surface area contributed by atoms with Gasteiger partial charge >= 0.3 is 0 Å². The molecule has 1 heterocycles. The van der Waals surface area contributed by atoms with Crippen LogP contribution in [0.1, 0.15) is 12.0 Å². The van der Waals surface area contributed by atoms with Gasteiger partial charge in [-0.2, -0.15) is 0 Å². The summed E-state index contributed by atoms with van der Waals surface area (Å²) in [5.41, 5.74) is 4.28. The maximum absolute atomic E-state index is 12.3. The molecule has 3 N–H and O–H groups in total. The lowest BCUT2D eigenvalue weighted by atomic mass is 10.1. The van der Waals surface area contributed by atoms with E-state index in [-0.39, 0.29) is 11.7 Å². The number of carbonyl (C=O) groups excluding carboxylic acids is 1. The zero-order valence-electron chi connectivity index (χ0n) is 14.6. The number of aromatic amines is 1. The zero-order chi connectivity index (χ0) is 18.6. The summed E-state index contributed by atoms with van der Waals surface area (Å²) < 4.78 is 0. The van der Waals surface area contributed by atoms with Gasteiger partial charge in [-0.3, -0.25) is 4.79 Å². The van der Waals surface area contributed by atoms with Crippen LogP contribution < -0.4 is 5.32 Å². The quantitative estimate of drug-likeness (QED) is 0.492. The predicted octanol–water partition coefficient (Wildman–Crippen LogP) is 4.51. The summed E-state index contributed by atoms with van der Waals surface area (Å²) in [6.45, 7) is 0. The summed E-state index contributed by atoms with van der Waals surface area (Å²) >= 11 is 0. The van der Waals surface area contributed by atoms with Crippen LogP contribution in [0, 0.1) is 0 Å². The molecular weight excluding hydrogens is 338 g/mol. The van der Waals surface area contributed by atoms with Gasteiger partial charge in [-0.1, -0.05) is 42.5 Å². The highest BCUT2D eigenvalue weighted by atomic mass is 16.3. The number of aromatic hydroxyl groups is 1. The van der Waals surface area contributed by atoms with Gasteiger partial charge < -0.3 is 15.4 Å². The summed E-state index contributed by atoms with van der Waals surface area (Å²) in [6, 6.07) is 22.5. The molecule has 134 valence electrons. The number of phenolic OH excluding ortho intramolecular Hbond substituents is 1. The van der Waals surface area contributed by atoms with Gasteiger partial charge in [0.15, 0.2) is 0 Å². The molecule has 1 aromatic heterocycles. The summed E-state index contributed by atoms with van der Waals surface area (Å²) in [5, 5.41) is 12.7. The number of aromatic nitrogens is 2. The number of H-pyrrole nitrogens is 1. The van der Waals surface area contributed by atoms with E-state index in [1.165, 1.54) is 0 Å². The van der Waals surface area contributed by atoms with E-state index in [4.69, 9.17) is 0 Å². The fourth-order valence-corrected chi connectivity index (χ4v) is 3.03. The number of carbonyl (C=O) groups is 1. The minimum Gasteiger partial charge on any atom is -0.508 e. The monoisotopic (exact) mass is 357 g/mol. The second-order valence-electron chi connectivity index (χ2n) is 6.36. The van der Waals surface area contributed by atoms with Gasteiger partial charge in [0.1, 0.15) is 11.6 Å². The highest BCUT2D eigenvalue weighted by Crippen LogP contribution is 2.23. The number of anilines is 1. The Morgan fingerprint density at radius 2 is 1.81 bits per heavy atom. The van der Waals surface area contributed by atoms with Gasteiger partial charge in [-0.15, -0.1) is 0 Å². The van der Waals surface area contributed by atoms with Crippen LogP contribution in [0.2, 0.25) is 0 Å². The number of amides is 1. The van der Waals surface area contributed by atoms with Crippen LogP contribution in [-0.4, -0.2) is 21.0 Å². The van der Waals surface area contributed by atoms with E-state index < -0.39 is 0 Å². The maximum atomic E-state index is 12.3. The van der Waals surface area contributed by atoms with Crippen molar-refractivity contribution < 1.29 is 9.90 Å². The van der Waals surface area contributed by atoms with Crippen LogP contribution >= 0.6 is 0 Å². The molecule has 1 amide bonds. The van der Waals surface area contributed by atoms with Gasteiger partial charge in [0.2, 0.25) is 5.91 Å². The molecule has 0 aliphatic heterocycles. The van der Waals surface area contributed by atoms with Crippen molar-refractivity contribution in [1.82, 2.24) is 9.97 Å². The van der Waals surface area contributed by atoms with E-state index in [2.05, 4.69) is 15.3 Å². The van der Waals surface area contributed by atoms with Gasteiger partial charge in [0, 0.05) is 17.7 Å². The highest BCUT2D eigenvalue weighted by molar-refractivity contribution is 5.91. The van der Waals surface area contributed by atoms with Gasteiger partial charge in [0.25, 0.3) is 0 Å².